The topological polar surface area (TPSA) is 60.2 Å². The Kier molecular flexibility index (Phi) is 4.26. The molecule has 0 aliphatic rings. The predicted octanol–water partition coefficient (Wildman–Crippen LogP) is 2.69. The smallest absolute Gasteiger partial charge is 0.389 e. The molecule has 1 rings (SSSR count). The van der Waals surface area contributed by atoms with Crippen molar-refractivity contribution in [2.24, 2.45) is 0 Å². The first-order chi connectivity index (χ1) is 8.12. The van der Waals surface area contributed by atoms with Crippen LogP contribution in [0.5, 0.6) is 0 Å². The minimum absolute atomic E-state index is 0.0626. The molecule has 7 heteroatoms. The lowest BCUT2D eigenvalue weighted by Gasteiger charge is -2.09. The number of anilines is 1. The van der Waals surface area contributed by atoms with Crippen LogP contribution in [0.3, 0.4) is 0 Å². The van der Waals surface area contributed by atoms with Crippen molar-refractivity contribution in [1.82, 2.24) is 0 Å². The molecule has 0 bridgehead atoms. The van der Waals surface area contributed by atoms with Gasteiger partial charge < -0.3 is 5.73 Å². The standard InChI is InChI=1S/C11H14F3NO2S/c1-8-3-4-9(15)10(7-8)18(16,17)6-2-5-11(12,13)14/h3-4,7H,2,5-6,15H2,1H3. The van der Waals surface area contributed by atoms with Crippen LogP contribution in [0.15, 0.2) is 23.1 Å². The van der Waals surface area contributed by atoms with Gasteiger partial charge in [0.15, 0.2) is 9.84 Å². The Hall–Kier alpha value is -1.24. The van der Waals surface area contributed by atoms with Crippen LogP contribution in [-0.4, -0.2) is 20.3 Å². The zero-order valence-electron chi connectivity index (χ0n) is 9.79. The third-order valence-electron chi connectivity index (χ3n) is 2.38. The van der Waals surface area contributed by atoms with Gasteiger partial charge in [0.05, 0.1) is 16.3 Å². The lowest BCUT2D eigenvalue weighted by Crippen LogP contribution is -2.14. The van der Waals surface area contributed by atoms with Crippen molar-refractivity contribution in [2.75, 3.05) is 11.5 Å². The van der Waals surface area contributed by atoms with Crippen molar-refractivity contribution < 1.29 is 21.6 Å². The Morgan fingerprint density at radius 2 is 1.89 bits per heavy atom. The highest BCUT2D eigenvalue weighted by Gasteiger charge is 2.28. The number of alkyl halides is 3. The summed E-state index contributed by atoms with van der Waals surface area (Å²) >= 11 is 0. The molecule has 3 nitrogen and oxygen atoms in total. The van der Waals surface area contributed by atoms with E-state index < -0.39 is 34.6 Å². The minimum Gasteiger partial charge on any atom is -0.398 e. The Morgan fingerprint density at radius 1 is 1.28 bits per heavy atom. The minimum atomic E-state index is -4.34. The molecule has 0 aromatic heterocycles. The zero-order chi connectivity index (χ0) is 14.0. The molecule has 0 spiro atoms. The molecule has 0 saturated heterocycles. The Balaban J connectivity index is 2.84. The summed E-state index contributed by atoms with van der Waals surface area (Å²) in [7, 11) is -3.76. The van der Waals surface area contributed by atoms with Gasteiger partial charge in [0, 0.05) is 6.42 Å². The zero-order valence-corrected chi connectivity index (χ0v) is 10.6. The van der Waals surface area contributed by atoms with E-state index in [9.17, 15) is 21.6 Å². The van der Waals surface area contributed by atoms with Gasteiger partial charge in [-0.2, -0.15) is 13.2 Å². The summed E-state index contributed by atoms with van der Waals surface area (Å²) in [5.74, 6) is -0.555. The molecule has 102 valence electrons. The molecule has 0 aliphatic carbocycles. The molecule has 0 atom stereocenters. The van der Waals surface area contributed by atoms with Gasteiger partial charge in [-0.3, -0.25) is 0 Å². The van der Waals surface area contributed by atoms with Gasteiger partial charge in [-0.05, 0) is 31.0 Å². The van der Waals surface area contributed by atoms with E-state index in [0.29, 0.717) is 5.56 Å². The van der Waals surface area contributed by atoms with Crippen LogP contribution in [0.1, 0.15) is 18.4 Å². The van der Waals surface area contributed by atoms with Gasteiger partial charge in [0.2, 0.25) is 0 Å². The molecular formula is C11H14F3NO2S. The predicted molar refractivity (Wildman–Crippen MR) is 62.9 cm³/mol. The number of nitrogen functional groups attached to an aromatic ring is 1. The average molecular weight is 281 g/mol. The maximum atomic E-state index is 12.0. The Labute approximate surface area is 104 Å². The molecule has 1 aromatic rings. The fourth-order valence-corrected chi connectivity index (χ4v) is 3.02. The highest BCUT2D eigenvalue weighted by Crippen LogP contribution is 2.25. The van der Waals surface area contributed by atoms with Crippen LogP contribution in [0, 0.1) is 6.92 Å². The second kappa shape index (κ2) is 5.17. The van der Waals surface area contributed by atoms with Crippen molar-refractivity contribution in [1.29, 1.82) is 0 Å². The van der Waals surface area contributed by atoms with E-state index in [2.05, 4.69) is 0 Å². The highest BCUT2D eigenvalue weighted by atomic mass is 32.2. The molecule has 0 amide bonds. The first kappa shape index (κ1) is 14.8. The monoisotopic (exact) mass is 281 g/mol. The van der Waals surface area contributed by atoms with E-state index >= 15 is 0 Å². The molecule has 0 saturated carbocycles. The van der Waals surface area contributed by atoms with Gasteiger partial charge in [-0.25, -0.2) is 8.42 Å². The number of aryl methyl sites for hydroxylation is 1. The van der Waals surface area contributed by atoms with Crippen molar-refractivity contribution in [3.63, 3.8) is 0 Å². The second-order valence-electron chi connectivity index (χ2n) is 4.08. The fourth-order valence-electron chi connectivity index (χ4n) is 1.48. The summed E-state index contributed by atoms with van der Waals surface area (Å²) in [6.45, 7) is 1.69. The molecule has 0 aliphatic heterocycles. The number of hydrogen-bond donors (Lipinski definition) is 1. The average Bonchev–Trinajstić information content (AvgIpc) is 2.19. The van der Waals surface area contributed by atoms with Crippen LogP contribution in [-0.2, 0) is 9.84 Å². The van der Waals surface area contributed by atoms with Crippen molar-refractivity contribution in [2.45, 2.75) is 30.8 Å². The van der Waals surface area contributed by atoms with Gasteiger partial charge >= 0.3 is 6.18 Å². The number of hydrogen-bond acceptors (Lipinski definition) is 3. The lowest BCUT2D eigenvalue weighted by atomic mass is 10.2. The summed E-state index contributed by atoms with van der Waals surface area (Å²) in [5.41, 5.74) is 6.29. The van der Waals surface area contributed by atoms with Gasteiger partial charge in [-0.1, -0.05) is 6.07 Å². The van der Waals surface area contributed by atoms with E-state index in [0.717, 1.165) is 0 Å². The van der Waals surface area contributed by atoms with E-state index in [1.165, 1.54) is 12.1 Å². The van der Waals surface area contributed by atoms with Crippen LogP contribution >= 0.6 is 0 Å². The number of halogens is 3. The van der Waals surface area contributed by atoms with Crippen LogP contribution in [0.4, 0.5) is 18.9 Å². The van der Waals surface area contributed by atoms with E-state index in [-0.39, 0.29) is 10.6 Å². The molecule has 1 aromatic carbocycles. The van der Waals surface area contributed by atoms with E-state index in [4.69, 9.17) is 5.73 Å². The molecule has 18 heavy (non-hydrogen) atoms. The Morgan fingerprint density at radius 3 is 2.44 bits per heavy atom. The normalized spacial score (nSPS) is 12.7. The number of nitrogens with two attached hydrogens (primary N) is 1. The number of sulfone groups is 1. The van der Waals surface area contributed by atoms with Gasteiger partial charge in [0.1, 0.15) is 0 Å². The fraction of sp³-hybridized carbons (Fsp3) is 0.455. The molecule has 0 unspecified atom stereocenters. The van der Waals surface area contributed by atoms with E-state index in [1.807, 2.05) is 0 Å². The third kappa shape index (κ3) is 4.21. The quantitative estimate of drug-likeness (QED) is 0.863. The van der Waals surface area contributed by atoms with Gasteiger partial charge in [-0.15, -0.1) is 0 Å². The summed E-state index contributed by atoms with van der Waals surface area (Å²) in [4.78, 5) is -0.0929. The van der Waals surface area contributed by atoms with Crippen molar-refractivity contribution >= 4 is 15.5 Å². The maximum absolute atomic E-state index is 12.0. The van der Waals surface area contributed by atoms with Crippen molar-refractivity contribution in [3.05, 3.63) is 23.8 Å². The first-order valence-electron chi connectivity index (χ1n) is 5.27. The van der Waals surface area contributed by atoms with Crippen molar-refractivity contribution in [3.8, 4) is 0 Å². The molecule has 0 heterocycles. The highest BCUT2D eigenvalue weighted by molar-refractivity contribution is 7.91. The van der Waals surface area contributed by atoms with Crippen LogP contribution in [0.25, 0.3) is 0 Å². The molecule has 2 N–H and O–H groups in total. The van der Waals surface area contributed by atoms with E-state index in [1.54, 1.807) is 13.0 Å². The number of rotatable bonds is 4. The van der Waals surface area contributed by atoms with Gasteiger partial charge in [0.25, 0.3) is 0 Å². The summed E-state index contributed by atoms with van der Waals surface area (Å²) in [6.07, 6.45) is -5.91. The first-order valence-corrected chi connectivity index (χ1v) is 6.93. The van der Waals surface area contributed by atoms with Crippen LogP contribution in [0.2, 0.25) is 0 Å². The molecule has 0 fully saturated rings. The summed E-state index contributed by atoms with van der Waals surface area (Å²) in [5, 5.41) is 0. The SMILES string of the molecule is Cc1ccc(N)c(S(=O)(=O)CCCC(F)(F)F)c1. The summed E-state index contributed by atoms with van der Waals surface area (Å²) < 4.78 is 59.6. The molecular weight excluding hydrogens is 267 g/mol. The molecule has 0 radical (unpaired) electrons. The Bertz CT molecular complexity index is 524. The largest absolute Gasteiger partial charge is 0.398 e. The summed E-state index contributed by atoms with van der Waals surface area (Å²) in [6, 6.07) is 4.45. The third-order valence-corrected chi connectivity index (χ3v) is 4.23. The second-order valence-corrected chi connectivity index (χ2v) is 6.16. The van der Waals surface area contributed by atoms with Crippen LogP contribution < -0.4 is 5.73 Å². The lowest BCUT2D eigenvalue weighted by molar-refractivity contribution is -0.134. The maximum Gasteiger partial charge on any atom is 0.389 e. The number of benzene rings is 1.